The molecule has 3 aromatic rings. The number of benzene rings is 2. The minimum atomic E-state index is -0.111. The van der Waals surface area contributed by atoms with Gasteiger partial charge in [-0.05, 0) is 59.9 Å². The van der Waals surface area contributed by atoms with Crippen LogP contribution in [0.15, 0.2) is 42.5 Å². The van der Waals surface area contributed by atoms with Gasteiger partial charge in [0.15, 0.2) is 5.82 Å². The molecule has 0 aliphatic heterocycles. The number of aromatic nitrogens is 3. The fourth-order valence-electron chi connectivity index (χ4n) is 4.83. The highest BCUT2D eigenvalue weighted by molar-refractivity contribution is 5.61. The Morgan fingerprint density at radius 2 is 1.45 bits per heavy atom. The van der Waals surface area contributed by atoms with E-state index in [1.165, 1.54) is 22.4 Å². The Kier molecular flexibility index (Phi) is 6.73. The number of hydrogen-bond donors (Lipinski definition) is 0. The van der Waals surface area contributed by atoms with E-state index in [0.29, 0.717) is 0 Å². The molecule has 3 nitrogen and oxygen atoms in total. The zero-order valence-corrected chi connectivity index (χ0v) is 20.7. The van der Waals surface area contributed by atoms with Gasteiger partial charge < -0.3 is 0 Å². The van der Waals surface area contributed by atoms with Crippen molar-refractivity contribution in [1.82, 2.24) is 14.8 Å². The van der Waals surface area contributed by atoms with Crippen LogP contribution in [0.1, 0.15) is 84.3 Å². The highest BCUT2D eigenvalue weighted by Crippen LogP contribution is 2.38. The molecule has 0 aliphatic carbocycles. The minimum absolute atomic E-state index is 0.111. The molecular weight excluding hydrogens is 378 g/mol. The lowest BCUT2D eigenvalue weighted by molar-refractivity contribution is 0.272. The van der Waals surface area contributed by atoms with Gasteiger partial charge in [0.1, 0.15) is 5.82 Å². The van der Waals surface area contributed by atoms with Crippen LogP contribution >= 0.6 is 0 Å². The Morgan fingerprint density at radius 1 is 0.774 bits per heavy atom. The second-order valence-corrected chi connectivity index (χ2v) is 10.5. The maximum absolute atomic E-state index is 4.81. The molecule has 1 heterocycles. The van der Waals surface area contributed by atoms with Crippen molar-refractivity contribution < 1.29 is 0 Å². The van der Waals surface area contributed by atoms with Crippen molar-refractivity contribution in [2.75, 3.05) is 0 Å². The van der Waals surface area contributed by atoms with Gasteiger partial charge >= 0.3 is 0 Å². The monoisotopic (exact) mass is 417 g/mol. The van der Waals surface area contributed by atoms with E-state index in [0.717, 1.165) is 42.9 Å². The quantitative estimate of drug-likeness (QED) is 0.403. The van der Waals surface area contributed by atoms with Crippen LogP contribution in [0.5, 0.6) is 0 Å². The third-order valence-corrected chi connectivity index (χ3v) is 6.01. The lowest BCUT2D eigenvalue weighted by atomic mass is 9.75. The van der Waals surface area contributed by atoms with Gasteiger partial charge in [-0.15, -0.1) is 10.2 Å². The van der Waals surface area contributed by atoms with E-state index in [1.807, 2.05) is 0 Å². The summed E-state index contributed by atoms with van der Waals surface area (Å²) in [7, 11) is 0. The van der Waals surface area contributed by atoms with Crippen molar-refractivity contribution in [2.45, 2.75) is 86.5 Å². The second-order valence-electron chi connectivity index (χ2n) is 10.5. The first-order valence-electron chi connectivity index (χ1n) is 11.8. The first kappa shape index (κ1) is 23.2. The van der Waals surface area contributed by atoms with Crippen LogP contribution in [-0.4, -0.2) is 14.8 Å². The third kappa shape index (κ3) is 5.08. The van der Waals surface area contributed by atoms with E-state index in [2.05, 4.69) is 102 Å². The topological polar surface area (TPSA) is 30.7 Å². The first-order chi connectivity index (χ1) is 14.6. The van der Waals surface area contributed by atoms with Gasteiger partial charge in [-0.1, -0.05) is 85.7 Å². The van der Waals surface area contributed by atoms with Gasteiger partial charge in [-0.2, -0.15) is 0 Å². The van der Waals surface area contributed by atoms with Crippen LogP contribution in [0.3, 0.4) is 0 Å². The number of aryl methyl sites for hydroxylation is 3. The van der Waals surface area contributed by atoms with Crippen molar-refractivity contribution in [1.29, 1.82) is 0 Å². The van der Waals surface area contributed by atoms with Crippen LogP contribution in [-0.2, 0) is 24.7 Å². The normalized spacial score (nSPS) is 12.4. The molecule has 0 aliphatic rings. The standard InChI is InChI=1S/C28H39N3/c1-9-20-13-12-14-23(18-20)25-29-30-26(28(7,8)19-27(4,5)6)31(25)24-16-15-21(10-2)17-22(24)11-3/h12-18H,9-11,19H2,1-8H3. The Morgan fingerprint density at radius 3 is 2.06 bits per heavy atom. The number of hydrogen-bond acceptors (Lipinski definition) is 2. The van der Waals surface area contributed by atoms with Gasteiger partial charge in [-0.3, -0.25) is 4.57 Å². The molecule has 0 amide bonds. The average Bonchev–Trinajstić information content (AvgIpc) is 3.17. The van der Waals surface area contributed by atoms with Crippen LogP contribution < -0.4 is 0 Å². The Labute approximate surface area is 188 Å². The van der Waals surface area contributed by atoms with Crippen molar-refractivity contribution in [3.63, 3.8) is 0 Å². The van der Waals surface area contributed by atoms with Crippen LogP contribution in [0.2, 0.25) is 0 Å². The molecule has 0 atom stereocenters. The second kappa shape index (κ2) is 8.98. The fraction of sp³-hybridized carbons (Fsp3) is 0.500. The molecule has 3 heteroatoms. The molecule has 2 aromatic carbocycles. The molecule has 0 radical (unpaired) electrons. The summed E-state index contributed by atoms with van der Waals surface area (Å²) >= 11 is 0. The van der Waals surface area contributed by atoms with E-state index in [1.54, 1.807) is 0 Å². The lowest BCUT2D eigenvalue weighted by Gasteiger charge is -2.32. The zero-order valence-electron chi connectivity index (χ0n) is 20.7. The predicted octanol–water partition coefficient (Wildman–Crippen LogP) is 7.34. The molecule has 1 aromatic heterocycles. The maximum atomic E-state index is 4.81. The van der Waals surface area contributed by atoms with Crippen LogP contribution in [0.4, 0.5) is 0 Å². The summed E-state index contributed by atoms with van der Waals surface area (Å²) in [5.41, 5.74) is 6.46. The van der Waals surface area contributed by atoms with E-state index in [-0.39, 0.29) is 10.8 Å². The highest BCUT2D eigenvalue weighted by Gasteiger charge is 2.34. The molecule has 0 saturated heterocycles. The summed E-state index contributed by atoms with van der Waals surface area (Å²) in [4.78, 5) is 0. The first-order valence-corrected chi connectivity index (χ1v) is 11.8. The van der Waals surface area contributed by atoms with Gasteiger partial charge in [0, 0.05) is 11.0 Å². The molecule has 31 heavy (non-hydrogen) atoms. The third-order valence-electron chi connectivity index (χ3n) is 6.01. The predicted molar refractivity (Wildman–Crippen MR) is 132 cm³/mol. The zero-order chi connectivity index (χ0) is 22.8. The fourth-order valence-corrected chi connectivity index (χ4v) is 4.83. The maximum Gasteiger partial charge on any atom is 0.168 e. The minimum Gasteiger partial charge on any atom is -0.278 e. The van der Waals surface area contributed by atoms with Crippen molar-refractivity contribution in [3.05, 3.63) is 65.0 Å². The molecule has 0 N–H and O–H groups in total. The van der Waals surface area contributed by atoms with Crippen LogP contribution in [0.25, 0.3) is 17.1 Å². The lowest BCUT2D eigenvalue weighted by Crippen LogP contribution is -2.28. The smallest absolute Gasteiger partial charge is 0.168 e. The van der Waals surface area contributed by atoms with E-state index in [4.69, 9.17) is 10.2 Å². The van der Waals surface area contributed by atoms with Crippen LogP contribution in [0, 0.1) is 5.41 Å². The molecular formula is C28H39N3. The number of nitrogens with zero attached hydrogens (tertiary/aromatic N) is 3. The summed E-state index contributed by atoms with van der Waals surface area (Å²) in [6.45, 7) is 18.2. The SMILES string of the molecule is CCc1cccc(-c2nnc(C(C)(C)CC(C)(C)C)n2-c2ccc(CC)cc2CC)c1. The van der Waals surface area contributed by atoms with Gasteiger partial charge in [-0.25, -0.2) is 0 Å². The molecule has 0 unspecified atom stereocenters. The summed E-state index contributed by atoms with van der Waals surface area (Å²) in [5.74, 6) is 1.98. The summed E-state index contributed by atoms with van der Waals surface area (Å²) in [6.07, 6.45) is 4.07. The average molecular weight is 418 g/mol. The summed E-state index contributed by atoms with van der Waals surface area (Å²) in [6, 6.07) is 15.6. The van der Waals surface area contributed by atoms with Crippen molar-refractivity contribution >= 4 is 0 Å². The van der Waals surface area contributed by atoms with Gasteiger partial charge in [0.2, 0.25) is 0 Å². The Balaban J connectivity index is 2.29. The molecule has 0 bridgehead atoms. The number of rotatable bonds is 7. The molecule has 0 spiro atoms. The van der Waals surface area contributed by atoms with Crippen molar-refractivity contribution in [2.24, 2.45) is 5.41 Å². The molecule has 3 rings (SSSR count). The summed E-state index contributed by atoms with van der Waals surface area (Å²) < 4.78 is 2.33. The van der Waals surface area contributed by atoms with E-state index >= 15 is 0 Å². The Bertz CT molecular complexity index is 1030. The molecule has 0 fully saturated rings. The van der Waals surface area contributed by atoms with E-state index < -0.39 is 0 Å². The van der Waals surface area contributed by atoms with Crippen molar-refractivity contribution in [3.8, 4) is 17.1 Å². The van der Waals surface area contributed by atoms with Gasteiger partial charge in [0.25, 0.3) is 0 Å². The van der Waals surface area contributed by atoms with E-state index in [9.17, 15) is 0 Å². The molecule has 166 valence electrons. The van der Waals surface area contributed by atoms with Gasteiger partial charge in [0.05, 0.1) is 5.69 Å². The highest BCUT2D eigenvalue weighted by atomic mass is 15.3. The summed E-state index contributed by atoms with van der Waals surface area (Å²) in [5, 5.41) is 9.58. The molecule has 0 saturated carbocycles. The Hall–Kier alpha value is -2.42. The largest absolute Gasteiger partial charge is 0.278 e.